The van der Waals surface area contributed by atoms with Gasteiger partial charge in [-0.25, -0.2) is 14.5 Å². The van der Waals surface area contributed by atoms with Gasteiger partial charge in [0, 0.05) is 42.4 Å². The number of amides is 1. The van der Waals surface area contributed by atoms with Crippen molar-refractivity contribution in [3.8, 4) is 0 Å². The van der Waals surface area contributed by atoms with Crippen LogP contribution in [0.4, 0.5) is 0 Å². The normalized spacial score (nSPS) is 11.2. The van der Waals surface area contributed by atoms with E-state index in [-0.39, 0.29) is 5.91 Å². The first-order chi connectivity index (χ1) is 12.6. The third-order valence-electron chi connectivity index (χ3n) is 4.27. The van der Waals surface area contributed by atoms with E-state index in [9.17, 15) is 4.79 Å². The largest absolute Gasteiger partial charge is 0.356 e. The Morgan fingerprint density at radius 1 is 1.27 bits per heavy atom. The van der Waals surface area contributed by atoms with E-state index < -0.39 is 0 Å². The highest BCUT2D eigenvalue weighted by Crippen LogP contribution is 2.17. The van der Waals surface area contributed by atoms with Crippen LogP contribution in [-0.2, 0) is 17.8 Å². The molecule has 3 aromatic heterocycles. The molecule has 0 atom stereocenters. The van der Waals surface area contributed by atoms with Crippen LogP contribution in [0.25, 0.3) is 5.78 Å². The van der Waals surface area contributed by atoms with Crippen molar-refractivity contribution in [1.82, 2.24) is 34.4 Å². The van der Waals surface area contributed by atoms with E-state index >= 15 is 0 Å². The first-order valence-electron chi connectivity index (χ1n) is 8.57. The Bertz CT molecular complexity index is 888. The summed E-state index contributed by atoms with van der Waals surface area (Å²) in [6, 6.07) is 0. The fraction of sp³-hybridized carbons (Fsp3) is 0.471. The minimum absolute atomic E-state index is 0.00480. The third-order valence-corrected chi connectivity index (χ3v) is 4.81. The minimum atomic E-state index is 0.00480. The van der Waals surface area contributed by atoms with Gasteiger partial charge in [-0.3, -0.25) is 4.79 Å². The summed E-state index contributed by atoms with van der Waals surface area (Å²) >= 11 is 1.48. The van der Waals surface area contributed by atoms with E-state index in [1.165, 1.54) is 11.8 Å². The lowest BCUT2D eigenvalue weighted by Crippen LogP contribution is -2.27. The molecule has 0 spiro atoms. The molecule has 138 valence electrons. The average molecular weight is 373 g/mol. The number of carbonyl (C=O) groups excluding carboxylic acids is 1. The van der Waals surface area contributed by atoms with Crippen molar-refractivity contribution in [2.75, 3.05) is 12.8 Å². The highest BCUT2D eigenvalue weighted by atomic mass is 32.2. The summed E-state index contributed by atoms with van der Waals surface area (Å²) in [5.74, 6) is 0.582. The summed E-state index contributed by atoms with van der Waals surface area (Å²) in [4.78, 5) is 25.2. The Hall–Kier alpha value is -2.42. The number of rotatable bonds is 8. The summed E-state index contributed by atoms with van der Waals surface area (Å²) in [7, 11) is 0. The summed E-state index contributed by atoms with van der Waals surface area (Å²) < 4.78 is 3.75. The van der Waals surface area contributed by atoms with Crippen molar-refractivity contribution in [3.05, 3.63) is 35.7 Å². The zero-order valence-corrected chi connectivity index (χ0v) is 16.1. The second-order valence-corrected chi connectivity index (χ2v) is 6.88. The molecule has 0 radical (unpaired) electrons. The van der Waals surface area contributed by atoms with E-state index in [0.29, 0.717) is 23.9 Å². The Morgan fingerprint density at radius 3 is 2.85 bits per heavy atom. The predicted molar refractivity (Wildman–Crippen MR) is 100 cm³/mol. The molecule has 0 saturated heterocycles. The van der Waals surface area contributed by atoms with Crippen LogP contribution < -0.4 is 5.32 Å². The monoisotopic (exact) mass is 373 g/mol. The van der Waals surface area contributed by atoms with Crippen LogP contribution >= 0.6 is 11.8 Å². The van der Waals surface area contributed by atoms with Gasteiger partial charge in [0.15, 0.2) is 0 Å². The zero-order valence-electron chi connectivity index (χ0n) is 15.3. The molecule has 9 heteroatoms. The van der Waals surface area contributed by atoms with Gasteiger partial charge in [0.25, 0.3) is 5.78 Å². The molecule has 0 unspecified atom stereocenters. The number of carbonyl (C=O) groups is 1. The van der Waals surface area contributed by atoms with Crippen molar-refractivity contribution in [1.29, 1.82) is 0 Å². The molecule has 0 bridgehead atoms. The standard InChI is InChI=1S/C17H23N7OS/c1-12-14(13(2)24-16(20-12)21-17(22-24)26-3)10-15(25)19-6-4-5-8-23-9-7-18-11-23/h7,9,11H,4-6,8,10H2,1-3H3,(H,19,25). The quantitative estimate of drug-likeness (QED) is 0.478. The van der Waals surface area contributed by atoms with Gasteiger partial charge in [-0.05, 0) is 32.9 Å². The van der Waals surface area contributed by atoms with Gasteiger partial charge >= 0.3 is 0 Å². The Balaban J connectivity index is 1.55. The summed E-state index contributed by atoms with van der Waals surface area (Å²) in [6.07, 6.45) is 9.68. The number of nitrogens with zero attached hydrogens (tertiary/aromatic N) is 6. The van der Waals surface area contributed by atoms with Crippen molar-refractivity contribution < 1.29 is 4.79 Å². The van der Waals surface area contributed by atoms with Crippen LogP contribution in [0.15, 0.2) is 23.9 Å². The molecular formula is C17H23N7OS. The zero-order chi connectivity index (χ0) is 18.5. The highest BCUT2D eigenvalue weighted by Gasteiger charge is 2.15. The lowest BCUT2D eigenvalue weighted by Gasteiger charge is -2.11. The van der Waals surface area contributed by atoms with E-state index in [1.54, 1.807) is 17.0 Å². The number of imidazole rings is 1. The van der Waals surface area contributed by atoms with Crippen molar-refractivity contribution in [2.45, 2.75) is 44.8 Å². The van der Waals surface area contributed by atoms with E-state index in [1.807, 2.05) is 30.9 Å². The lowest BCUT2D eigenvalue weighted by molar-refractivity contribution is -0.120. The average Bonchev–Trinajstić information content (AvgIpc) is 3.27. The smallest absolute Gasteiger partial charge is 0.253 e. The number of unbranched alkanes of at least 4 members (excludes halogenated alkanes) is 1. The van der Waals surface area contributed by atoms with E-state index in [2.05, 4.69) is 25.4 Å². The molecule has 3 rings (SSSR count). The second-order valence-electron chi connectivity index (χ2n) is 6.11. The Kier molecular flexibility index (Phi) is 5.87. The molecule has 3 heterocycles. The van der Waals surface area contributed by atoms with Crippen molar-refractivity contribution in [3.63, 3.8) is 0 Å². The predicted octanol–water partition coefficient (Wildman–Crippen LogP) is 1.80. The number of fused-ring (bicyclic) bond motifs is 1. The summed E-state index contributed by atoms with van der Waals surface area (Å²) in [5.41, 5.74) is 2.65. The number of thioether (sulfide) groups is 1. The number of nitrogens with one attached hydrogen (secondary N) is 1. The van der Waals surface area contributed by atoms with Gasteiger partial charge < -0.3 is 9.88 Å². The summed E-state index contributed by atoms with van der Waals surface area (Å²) in [5, 5.41) is 8.09. The minimum Gasteiger partial charge on any atom is -0.356 e. The Morgan fingerprint density at radius 2 is 2.12 bits per heavy atom. The molecular weight excluding hydrogens is 350 g/mol. The Labute approximate surface area is 156 Å². The first-order valence-corrected chi connectivity index (χ1v) is 9.80. The highest BCUT2D eigenvalue weighted by molar-refractivity contribution is 7.98. The molecule has 1 amide bonds. The van der Waals surface area contributed by atoms with Gasteiger partial charge in [0.1, 0.15) is 0 Å². The lowest BCUT2D eigenvalue weighted by atomic mass is 10.1. The number of hydrogen-bond donors (Lipinski definition) is 1. The van der Waals surface area contributed by atoms with Gasteiger partial charge in [0.05, 0.1) is 12.7 Å². The third kappa shape index (κ3) is 4.21. The van der Waals surface area contributed by atoms with Crippen LogP contribution in [-0.4, -0.2) is 47.8 Å². The van der Waals surface area contributed by atoms with Gasteiger partial charge in [-0.2, -0.15) is 4.98 Å². The number of hydrogen-bond acceptors (Lipinski definition) is 6. The maximum absolute atomic E-state index is 12.3. The van der Waals surface area contributed by atoms with E-state index in [0.717, 1.165) is 36.3 Å². The van der Waals surface area contributed by atoms with Crippen LogP contribution in [0.5, 0.6) is 0 Å². The number of aromatic nitrogens is 6. The number of aryl methyl sites for hydroxylation is 3. The van der Waals surface area contributed by atoms with E-state index in [4.69, 9.17) is 0 Å². The van der Waals surface area contributed by atoms with Crippen molar-refractivity contribution in [2.24, 2.45) is 0 Å². The van der Waals surface area contributed by atoms with Crippen LogP contribution in [0.1, 0.15) is 29.8 Å². The van der Waals surface area contributed by atoms with Gasteiger partial charge in [-0.1, -0.05) is 11.8 Å². The molecule has 1 N–H and O–H groups in total. The van der Waals surface area contributed by atoms with Crippen LogP contribution in [0, 0.1) is 13.8 Å². The molecule has 0 aliphatic heterocycles. The van der Waals surface area contributed by atoms with Gasteiger partial charge in [-0.15, -0.1) is 5.10 Å². The molecule has 0 aliphatic rings. The summed E-state index contributed by atoms with van der Waals surface area (Å²) in [6.45, 7) is 5.45. The molecule has 26 heavy (non-hydrogen) atoms. The van der Waals surface area contributed by atoms with Crippen molar-refractivity contribution >= 4 is 23.4 Å². The fourth-order valence-corrected chi connectivity index (χ4v) is 3.16. The first kappa shape index (κ1) is 18.4. The maximum atomic E-state index is 12.3. The molecule has 8 nitrogen and oxygen atoms in total. The molecule has 3 aromatic rings. The molecule has 0 aromatic carbocycles. The fourth-order valence-electron chi connectivity index (χ4n) is 2.82. The van der Waals surface area contributed by atoms with Gasteiger partial charge in [0.2, 0.25) is 11.1 Å². The van der Waals surface area contributed by atoms with Crippen LogP contribution in [0.3, 0.4) is 0 Å². The second kappa shape index (κ2) is 8.31. The topological polar surface area (TPSA) is 90.0 Å². The SMILES string of the molecule is CSc1nc2nc(C)c(CC(=O)NCCCCn3ccnc3)c(C)n2n1. The molecule has 0 aliphatic carbocycles. The molecule has 0 fully saturated rings. The molecule has 0 saturated carbocycles. The van der Waals surface area contributed by atoms with Crippen LogP contribution in [0.2, 0.25) is 0 Å². The maximum Gasteiger partial charge on any atom is 0.253 e.